The Balaban J connectivity index is 1.70. The van der Waals surface area contributed by atoms with E-state index in [1.165, 1.54) is 10.8 Å². The molecular weight excluding hydrogens is 284 g/mol. The van der Waals surface area contributed by atoms with Crippen LogP contribution in [0.5, 0.6) is 0 Å². The van der Waals surface area contributed by atoms with Crippen molar-refractivity contribution in [2.24, 2.45) is 16.7 Å². The Kier molecular flexibility index (Phi) is 3.95. The van der Waals surface area contributed by atoms with E-state index in [4.69, 9.17) is 4.74 Å². The van der Waals surface area contributed by atoms with Gasteiger partial charge in [-0.25, -0.2) is 0 Å². The van der Waals surface area contributed by atoms with E-state index in [0.29, 0.717) is 12.5 Å². The molecule has 1 unspecified atom stereocenters. The van der Waals surface area contributed by atoms with Crippen molar-refractivity contribution in [3.63, 3.8) is 0 Å². The Bertz CT molecular complexity index is 729. The smallest absolute Gasteiger partial charge is 0.312 e. The van der Waals surface area contributed by atoms with E-state index in [1.54, 1.807) is 0 Å². The van der Waals surface area contributed by atoms with Crippen LogP contribution in [0.2, 0.25) is 0 Å². The van der Waals surface area contributed by atoms with Crippen molar-refractivity contribution < 1.29 is 9.53 Å². The molecule has 0 amide bonds. The highest BCUT2D eigenvalue weighted by Crippen LogP contribution is 2.67. The Morgan fingerprint density at radius 3 is 2.39 bits per heavy atom. The first-order valence-corrected chi connectivity index (χ1v) is 8.49. The average Bonchev–Trinajstić information content (AvgIpc) is 3.05. The Hall–Kier alpha value is -1.83. The topological polar surface area (TPSA) is 26.3 Å². The molecule has 0 aromatic heterocycles. The lowest BCUT2D eigenvalue weighted by atomic mass is 9.87. The van der Waals surface area contributed by atoms with E-state index in [9.17, 15) is 4.79 Å². The molecule has 0 saturated heterocycles. The van der Waals surface area contributed by atoms with Gasteiger partial charge in [-0.2, -0.15) is 0 Å². The minimum atomic E-state index is -0.280. The SMILES string of the molecule is CC(C)CC1(C(=O)OCc2ccc3ccccc3c2)CC1(C)C. The number of esters is 1. The molecule has 0 N–H and O–H groups in total. The summed E-state index contributed by atoms with van der Waals surface area (Å²) in [4.78, 5) is 12.7. The summed E-state index contributed by atoms with van der Waals surface area (Å²) >= 11 is 0. The fourth-order valence-electron chi connectivity index (χ4n) is 3.80. The molecule has 2 aromatic rings. The number of carbonyl (C=O) groups excluding carboxylic acids is 1. The molecule has 122 valence electrons. The van der Waals surface area contributed by atoms with Gasteiger partial charge in [-0.05, 0) is 46.6 Å². The highest BCUT2D eigenvalue weighted by atomic mass is 16.5. The second-order valence-corrected chi connectivity index (χ2v) is 8.00. The van der Waals surface area contributed by atoms with Crippen molar-refractivity contribution in [2.75, 3.05) is 0 Å². The van der Waals surface area contributed by atoms with Crippen LogP contribution in [0.1, 0.15) is 46.1 Å². The van der Waals surface area contributed by atoms with Crippen LogP contribution < -0.4 is 0 Å². The number of hydrogen-bond donors (Lipinski definition) is 0. The molecule has 23 heavy (non-hydrogen) atoms. The average molecular weight is 310 g/mol. The monoisotopic (exact) mass is 310 g/mol. The van der Waals surface area contributed by atoms with Gasteiger partial charge >= 0.3 is 5.97 Å². The van der Waals surface area contributed by atoms with E-state index in [-0.39, 0.29) is 16.8 Å². The fourth-order valence-corrected chi connectivity index (χ4v) is 3.80. The highest BCUT2D eigenvalue weighted by Gasteiger charge is 2.66. The molecular formula is C21H26O2. The fraction of sp³-hybridized carbons (Fsp3) is 0.476. The molecule has 0 heterocycles. The third kappa shape index (κ3) is 2.99. The summed E-state index contributed by atoms with van der Waals surface area (Å²) in [5, 5.41) is 2.40. The lowest BCUT2D eigenvalue weighted by molar-refractivity contribution is -0.153. The maximum Gasteiger partial charge on any atom is 0.312 e. The Morgan fingerprint density at radius 1 is 1.13 bits per heavy atom. The van der Waals surface area contributed by atoms with E-state index in [1.807, 2.05) is 18.2 Å². The molecule has 1 aliphatic carbocycles. The van der Waals surface area contributed by atoms with Gasteiger partial charge in [0.2, 0.25) is 0 Å². The van der Waals surface area contributed by atoms with Gasteiger partial charge < -0.3 is 4.74 Å². The Labute approximate surface area is 138 Å². The standard InChI is InChI=1S/C21H26O2/c1-15(2)12-21(14-20(21,3)4)19(22)23-13-16-9-10-17-7-5-6-8-18(17)11-16/h5-11,15H,12-14H2,1-4H3. The molecule has 0 bridgehead atoms. The minimum Gasteiger partial charge on any atom is -0.460 e. The van der Waals surface area contributed by atoms with Crippen LogP contribution in [0.15, 0.2) is 42.5 Å². The summed E-state index contributed by atoms with van der Waals surface area (Å²) < 4.78 is 5.70. The van der Waals surface area contributed by atoms with Gasteiger partial charge in [-0.3, -0.25) is 4.79 Å². The maximum absolute atomic E-state index is 12.7. The summed E-state index contributed by atoms with van der Waals surface area (Å²) in [5.74, 6) is 0.481. The van der Waals surface area contributed by atoms with Gasteiger partial charge in [-0.1, -0.05) is 64.1 Å². The quantitative estimate of drug-likeness (QED) is 0.696. The molecule has 2 heteroatoms. The van der Waals surface area contributed by atoms with Gasteiger partial charge in [0.05, 0.1) is 5.41 Å². The largest absolute Gasteiger partial charge is 0.460 e. The molecule has 1 saturated carbocycles. The Morgan fingerprint density at radius 2 is 1.78 bits per heavy atom. The minimum absolute atomic E-state index is 0.0237. The predicted molar refractivity (Wildman–Crippen MR) is 94.0 cm³/mol. The van der Waals surface area contributed by atoms with Gasteiger partial charge in [0.25, 0.3) is 0 Å². The number of fused-ring (bicyclic) bond motifs is 1. The van der Waals surface area contributed by atoms with Gasteiger partial charge in [0.1, 0.15) is 6.61 Å². The second-order valence-electron chi connectivity index (χ2n) is 8.00. The predicted octanol–water partition coefficient (Wildman–Crippen LogP) is 5.35. The molecule has 1 atom stereocenters. The number of benzene rings is 2. The van der Waals surface area contributed by atoms with Crippen LogP contribution in [0.3, 0.4) is 0 Å². The van der Waals surface area contributed by atoms with Crippen molar-refractivity contribution in [2.45, 2.75) is 47.1 Å². The summed E-state index contributed by atoms with van der Waals surface area (Å²) in [7, 11) is 0. The lowest BCUT2D eigenvalue weighted by Gasteiger charge is -2.21. The number of carbonyl (C=O) groups is 1. The zero-order chi connectivity index (χ0) is 16.7. The van der Waals surface area contributed by atoms with Crippen molar-refractivity contribution >= 4 is 16.7 Å². The molecule has 1 fully saturated rings. The molecule has 2 aromatic carbocycles. The summed E-state index contributed by atoms with van der Waals surface area (Å²) in [6.07, 6.45) is 1.85. The van der Waals surface area contributed by atoms with Crippen LogP contribution in [0, 0.1) is 16.7 Å². The van der Waals surface area contributed by atoms with Crippen LogP contribution in [-0.2, 0) is 16.1 Å². The normalized spacial score (nSPS) is 22.3. The van der Waals surface area contributed by atoms with Crippen LogP contribution in [-0.4, -0.2) is 5.97 Å². The lowest BCUT2D eigenvalue weighted by Crippen LogP contribution is -2.25. The number of ether oxygens (including phenoxy) is 1. The van der Waals surface area contributed by atoms with Crippen molar-refractivity contribution in [3.8, 4) is 0 Å². The molecule has 0 spiro atoms. The van der Waals surface area contributed by atoms with E-state index >= 15 is 0 Å². The second kappa shape index (κ2) is 5.67. The number of rotatable bonds is 5. The molecule has 0 aliphatic heterocycles. The van der Waals surface area contributed by atoms with Gasteiger partial charge in [0.15, 0.2) is 0 Å². The van der Waals surface area contributed by atoms with Crippen molar-refractivity contribution in [1.82, 2.24) is 0 Å². The summed E-state index contributed by atoms with van der Waals surface area (Å²) in [6, 6.07) is 14.5. The van der Waals surface area contributed by atoms with Crippen LogP contribution in [0.25, 0.3) is 10.8 Å². The summed E-state index contributed by atoms with van der Waals surface area (Å²) in [6.45, 7) is 9.05. The first-order chi connectivity index (χ1) is 10.8. The third-order valence-electron chi connectivity index (χ3n) is 5.25. The third-order valence-corrected chi connectivity index (χ3v) is 5.25. The zero-order valence-corrected chi connectivity index (χ0v) is 14.6. The van der Waals surface area contributed by atoms with E-state index < -0.39 is 0 Å². The molecule has 3 rings (SSSR count). The molecule has 1 aliphatic rings. The van der Waals surface area contributed by atoms with E-state index in [0.717, 1.165) is 18.4 Å². The molecule has 0 radical (unpaired) electrons. The van der Waals surface area contributed by atoms with Crippen LogP contribution >= 0.6 is 0 Å². The van der Waals surface area contributed by atoms with Gasteiger partial charge in [0, 0.05) is 0 Å². The van der Waals surface area contributed by atoms with Crippen LogP contribution in [0.4, 0.5) is 0 Å². The zero-order valence-electron chi connectivity index (χ0n) is 14.6. The highest BCUT2D eigenvalue weighted by molar-refractivity contribution is 5.83. The first kappa shape index (κ1) is 16.0. The van der Waals surface area contributed by atoms with E-state index in [2.05, 4.69) is 52.0 Å². The molecule has 2 nitrogen and oxygen atoms in total. The first-order valence-electron chi connectivity index (χ1n) is 8.49. The number of hydrogen-bond acceptors (Lipinski definition) is 2. The van der Waals surface area contributed by atoms with Crippen molar-refractivity contribution in [1.29, 1.82) is 0 Å². The van der Waals surface area contributed by atoms with Gasteiger partial charge in [-0.15, -0.1) is 0 Å². The van der Waals surface area contributed by atoms with Crippen molar-refractivity contribution in [3.05, 3.63) is 48.0 Å². The summed E-state index contributed by atoms with van der Waals surface area (Å²) in [5.41, 5.74) is 0.839. The maximum atomic E-state index is 12.7.